The molecule has 8 nitrogen and oxygen atoms in total. The van der Waals surface area contributed by atoms with Crippen LogP contribution in [0.3, 0.4) is 0 Å². The minimum atomic E-state index is 0.229. The molecule has 1 unspecified atom stereocenters. The number of nitrogens with one attached hydrogen (secondary N) is 2. The Kier molecular flexibility index (Phi) is 7.52. The number of amides is 1. The lowest BCUT2D eigenvalue weighted by Gasteiger charge is -2.32. The number of carbonyl (C=O) groups is 1. The summed E-state index contributed by atoms with van der Waals surface area (Å²) in [6.07, 6.45) is 3.76. The van der Waals surface area contributed by atoms with Gasteiger partial charge in [-0.2, -0.15) is 0 Å². The lowest BCUT2D eigenvalue weighted by atomic mass is 9.97. The van der Waals surface area contributed by atoms with Crippen LogP contribution in [0.2, 0.25) is 0 Å². The summed E-state index contributed by atoms with van der Waals surface area (Å²) in [5.74, 6) is 3.44. The Balaban J connectivity index is 1.44. The van der Waals surface area contributed by atoms with E-state index in [4.69, 9.17) is 9.41 Å². The van der Waals surface area contributed by atoms with Crippen LogP contribution in [0.25, 0.3) is 0 Å². The molecule has 162 valence electrons. The van der Waals surface area contributed by atoms with Crippen molar-refractivity contribution < 1.29 is 9.21 Å². The molecule has 8 heteroatoms. The molecular weight excluding hydrogens is 368 g/mol. The van der Waals surface area contributed by atoms with Crippen LogP contribution in [0.15, 0.2) is 9.41 Å². The number of carbonyl (C=O) groups excluding carboxylic acids is 1. The van der Waals surface area contributed by atoms with Gasteiger partial charge in [0.15, 0.2) is 5.96 Å². The fraction of sp³-hybridized carbons (Fsp3) is 0.762. The van der Waals surface area contributed by atoms with Gasteiger partial charge in [0, 0.05) is 39.1 Å². The standard InChI is InChI=1S/C21H36N6O2/c1-5-22-21(25-18-6-7-20(28)26(4)13-18)23-12-17-8-10-27(11-9-17)14-19-24-15(2)16(3)29-19/h17-18H,5-14H2,1-4H3,(H2,22,23,25). The quantitative estimate of drug-likeness (QED) is 0.554. The van der Waals surface area contributed by atoms with E-state index in [1.54, 1.807) is 4.90 Å². The van der Waals surface area contributed by atoms with E-state index in [1.165, 1.54) is 0 Å². The van der Waals surface area contributed by atoms with Gasteiger partial charge < -0.3 is 20.0 Å². The first-order valence-corrected chi connectivity index (χ1v) is 10.9. The number of aliphatic imine (C=N–C) groups is 1. The molecule has 2 N–H and O–H groups in total. The molecule has 0 aliphatic carbocycles. The van der Waals surface area contributed by atoms with Crippen molar-refractivity contribution in [1.29, 1.82) is 0 Å². The number of piperidine rings is 2. The molecule has 0 spiro atoms. The Hall–Kier alpha value is -2.09. The molecule has 3 heterocycles. The van der Waals surface area contributed by atoms with Gasteiger partial charge >= 0.3 is 0 Å². The zero-order chi connectivity index (χ0) is 20.8. The molecule has 0 aromatic carbocycles. The molecule has 0 saturated carbocycles. The van der Waals surface area contributed by atoms with E-state index >= 15 is 0 Å². The first-order chi connectivity index (χ1) is 13.9. The van der Waals surface area contributed by atoms with Crippen LogP contribution >= 0.6 is 0 Å². The predicted molar refractivity (Wildman–Crippen MR) is 114 cm³/mol. The second-order valence-electron chi connectivity index (χ2n) is 8.34. The zero-order valence-electron chi connectivity index (χ0n) is 18.3. The minimum absolute atomic E-state index is 0.229. The Morgan fingerprint density at radius 3 is 2.66 bits per heavy atom. The monoisotopic (exact) mass is 404 g/mol. The van der Waals surface area contributed by atoms with Crippen LogP contribution in [-0.4, -0.2) is 72.5 Å². The highest BCUT2D eigenvalue weighted by Gasteiger charge is 2.24. The third-order valence-electron chi connectivity index (χ3n) is 5.96. The van der Waals surface area contributed by atoms with Gasteiger partial charge in [-0.15, -0.1) is 0 Å². The molecular formula is C21H36N6O2. The van der Waals surface area contributed by atoms with Crippen molar-refractivity contribution in [3.8, 4) is 0 Å². The highest BCUT2D eigenvalue weighted by atomic mass is 16.4. The van der Waals surface area contributed by atoms with Crippen molar-refractivity contribution in [3.05, 3.63) is 17.3 Å². The van der Waals surface area contributed by atoms with E-state index in [1.807, 2.05) is 20.9 Å². The van der Waals surface area contributed by atoms with Crippen molar-refractivity contribution in [2.45, 2.75) is 59.0 Å². The summed E-state index contributed by atoms with van der Waals surface area (Å²) in [7, 11) is 1.87. The largest absolute Gasteiger partial charge is 0.444 e. The van der Waals surface area contributed by atoms with Gasteiger partial charge in [-0.1, -0.05) is 0 Å². The first kappa shape index (κ1) is 21.6. The van der Waals surface area contributed by atoms with Crippen LogP contribution in [0.5, 0.6) is 0 Å². The average Bonchev–Trinajstić information content (AvgIpc) is 3.01. The molecule has 2 aliphatic rings. The Labute approximate surface area is 174 Å². The fourth-order valence-corrected chi connectivity index (χ4v) is 3.99. The van der Waals surface area contributed by atoms with Crippen molar-refractivity contribution in [2.75, 3.05) is 39.8 Å². The number of aryl methyl sites for hydroxylation is 2. The van der Waals surface area contributed by atoms with Gasteiger partial charge in [0.1, 0.15) is 5.76 Å². The Morgan fingerprint density at radius 1 is 1.28 bits per heavy atom. The molecule has 2 saturated heterocycles. The van der Waals surface area contributed by atoms with Crippen molar-refractivity contribution in [1.82, 2.24) is 25.4 Å². The Bertz CT molecular complexity index is 689. The normalized spacial score (nSPS) is 22.2. The summed E-state index contributed by atoms with van der Waals surface area (Å²) >= 11 is 0. The number of oxazole rings is 1. The lowest BCUT2D eigenvalue weighted by molar-refractivity contribution is -0.132. The van der Waals surface area contributed by atoms with Gasteiger partial charge in [-0.05, 0) is 59.0 Å². The summed E-state index contributed by atoms with van der Waals surface area (Å²) in [6.45, 7) is 11.4. The number of likely N-dealkylation sites (N-methyl/N-ethyl adjacent to an activating group) is 1. The van der Waals surface area contributed by atoms with Gasteiger partial charge in [0.25, 0.3) is 0 Å². The highest BCUT2D eigenvalue weighted by Crippen LogP contribution is 2.20. The fourth-order valence-electron chi connectivity index (χ4n) is 3.99. The van der Waals surface area contributed by atoms with Crippen LogP contribution < -0.4 is 10.6 Å². The molecule has 1 aromatic rings. The minimum Gasteiger partial charge on any atom is -0.444 e. The topological polar surface area (TPSA) is 86.0 Å². The van der Waals surface area contributed by atoms with E-state index in [-0.39, 0.29) is 11.9 Å². The SMILES string of the molecule is CCNC(=NCC1CCN(Cc2nc(C)c(C)o2)CC1)NC1CCC(=O)N(C)C1. The van der Waals surface area contributed by atoms with Gasteiger partial charge in [-0.25, -0.2) is 4.98 Å². The van der Waals surface area contributed by atoms with Gasteiger partial charge in [0.05, 0.1) is 12.2 Å². The number of likely N-dealkylation sites (tertiary alicyclic amines) is 2. The molecule has 1 aromatic heterocycles. The number of aromatic nitrogens is 1. The number of nitrogens with zero attached hydrogens (tertiary/aromatic N) is 4. The maximum atomic E-state index is 11.7. The highest BCUT2D eigenvalue weighted by molar-refractivity contribution is 5.81. The van der Waals surface area contributed by atoms with Crippen molar-refractivity contribution in [3.63, 3.8) is 0 Å². The van der Waals surface area contributed by atoms with E-state index in [0.29, 0.717) is 12.3 Å². The van der Waals surface area contributed by atoms with Gasteiger partial charge in [-0.3, -0.25) is 14.7 Å². The zero-order valence-corrected chi connectivity index (χ0v) is 18.3. The smallest absolute Gasteiger partial charge is 0.222 e. The third kappa shape index (κ3) is 6.19. The molecule has 0 bridgehead atoms. The van der Waals surface area contributed by atoms with Crippen molar-refractivity contribution >= 4 is 11.9 Å². The summed E-state index contributed by atoms with van der Waals surface area (Å²) in [5.41, 5.74) is 0.987. The molecule has 3 rings (SSSR count). The van der Waals surface area contributed by atoms with E-state index in [2.05, 4.69) is 27.4 Å². The Morgan fingerprint density at radius 2 is 2.03 bits per heavy atom. The summed E-state index contributed by atoms with van der Waals surface area (Å²) in [6, 6.07) is 0.269. The number of hydrogen-bond donors (Lipinski definition) is 2. The van der Waals surface area contributed by atoms with E-state index < -0.39 is 0 Å². The van der Waals surface area contributed by atoms with Crippen molar-refractivity contribution in [2.24, 2.45) is 10.9 Å². The van der Waals surface area contributed by atoms with Crippen LogP contribution in [0.1, 0.15) is 50.0 Å². The maximum absolute atomic E-state index is 11.7. The number of rotatable bonds is 6. The van der Waals surface area contributed by atoms with Gasteiger partial charge in [0.2, 0.25) is 11.8 Å². The molecule has 29 heavy (non-hydrogen) atoms. The summed E-state index contributed by atoms with van der Waals surface area (Å²) < 4.78 is 5.72. The second-order valence-corrected chi connectivity index (χ2v) is 8.34. The molecule has 2 aliphatic heterocycles. The van der Waals surface area contributed by atoms with E-state index in [9.17, 15) is 4.79 Å². The van der Waals surface area contributed by atoms with E-state index in [0.717, 1.165) is 81.8 Å². The number of hydrogen-bond acceptors (Lipinski definition) is 5. The molecule has 0 radical (unpaired) electrons. The average molecular weight is 405 g/mol. The second kappa shape index (κ2) is 10.1. The van der Waals surface area contributed by atoms with Crippen LogP contribution in [0, 0.1) is 19.8 Å². The number of guanidine groups is 1. The van der Waals surface area contributed by atoms with Crippen LogP contribution in [-0.2, 0) is 11.3 Å². The van der Waals surface area contributed by atoms with Crippen LogP contribution in [0.4, 0.5) is 0 Å². The predicted octanol–water partition coefficient (Wildman–Crippen LogP) is 1.68. The first-order valence-electron chi connectivity index (χ1n) is 10.9. The summed E-state index contributed by atoms with van der Waals surface area (Å²) in [5, 5.41) is 6.86. The lowest BCUT2D eigenvalue weighted by Crippen LogP contribution is -2.51. The maximum Gasteiger partial charge on any atom is 0.222 e. The summed E-state index contributed by atoms with van der Waals surface area (Å²) in [4.78, 5) is 25.2. The third-order valence-corrected chi connectivity index (χ3v) is 5.96. The molecule has 1 atom stereocenters. The molecule has 1 amide bonds. The molecule has 2 fully saturated rings.